The SMILES string of the molecule is O=C(Cc1cc2cc(-c3cnco3)cnc2cn1)C1CCN(CCC(F)(F)F)CC1. The van der Waals surface area contributed by atoms with E-state index in [1.165, 1.54) is 6.39 Å². The molecule has 0 N–H and O–H groups in total. The normalized spacial score (nSPS) is 16.2. The first-order valence-corrected chi connectivity index (χ1v) is 9.83. The average Bonchev–Trinajstić information content (AvgIpc) is 3.26. The number of oxazole rings is 1. The van der Waals surface area contributed by atoms with E-state index in [4.69, 9.17) is 4.42 Å². The number of halogens is 3. The van der Waals surface area contributed by atoms with Gasteiger partial charge in [-0.25, -0.2) is 4.98 Å². The molecule has 1 aliphatic heterocycles. The molecule has 0 saturated carbocycles. The zero-order chi connectivity index (χ0) is 21.1. The second-order valence-corrected chi connectivity index (χ2v) is 7.58. The molecule has 0 aliphatic carbocycles. The van der Waals surface area contributed by atoms with Crippen molar-refractivity contribution in [3.05, 3.63) is 42.8 Å². The van der Waals surface area contributed by atoms with Gasteiger partial charge in [0.25, 0.3) is 0 Å². The van der Waals surface area contributed by atoms with Crippen molar-refractivity contribution in [3.63, 3.8) is 0 Å². The number of hydrogen-bond acceptors (Lipinski definition) is 6. The number of likely N-dealkylation sites (tertiary alicyclic amines) is 1. The van der Waals surface area contributed by atoms with Crippen molar-refractivity contribution in [2.45, 2.75) is 31.9 Å². The third-order valence-electron chi connectivity index (χ3n) is 5.45. The van der Waals surface area contributed by atoms with Gasteiger partial charge >= 0.3 is 6.18 Å². The minimum Gasteiger partial charge on any atom is -0.443 e. The predicted octanol–water partition coefficient (Wildman–Crippen LogP) is 4.06. The van der Waals surface area contributed by atoms with Crippen molar-refractivity contribution in [1.29, 1.82) is 0 Å². The predicted molar refractivity (Wildman–Crippen MR) is 104 cm³/mol. The van der Waals surface area contributed by atoms with Gasteiger partial charge in [-0.15, -0.1) is 0 Å². The number of alkyl halides is 3. The van der Waals surface area contributed by atoms with E-state index in [1.807, 2.05) is 12.1 Å². The summed E-state index contributed by atoms with van der Waals surface area (Å²) in [5.41, 5.74) is 2.16. The molecule has 3 aromatic rings. The monoisotopic (exact) mass is 418 g/mol. The van der Waals surface area contributed by atoms with E-state index in [-0.39, 0.29) is 24.7 Å². The molecule has 0 aromatic carbocycles. The lowest BCUT2D eigenvalue weighted by molar-refractivity contribution is -0.139. The summed E-state index contributed by atoms with van der Waals surface area (Å²) in [6.45, 7) is 1.03. The van der Waals surface area contributed by atoms with E-state index in [9.17, 15) is 18.0 Å². The van der Waals surface area contributed by atoms with E-state index >= 15 is 0 Å². The number of carbonyl (C=O) groups is 1. The fourth-order valence-electron chi connectivity index (χ4n) is 3.75. The Labute approximate surface area is 171 Å². The number of piperidine rings is 1. The van der Waals surface area contributed by atoms with Crippen molar-refractivity contribution >= 4 is 16.7 Å². The Morgan fingerprint density at radius 3 is 2.63 bits per heavy atom. The fourth-order valence-corrected chi connectivity index (χ4v) is 3.75. The molecule has 0 radical (unpaired) electrons. The standard InChI is InChI=1S/C21H21F3N4O2/c22-21(23,24)3-6-28-4-1-14(2-5-28)19(29)9-17-8-15-7-16(20-12-25-13-30-20)10-27-18(15)11-26-17/h7-8,10-14H,1-6,9H2. The van der Waals surface area contributed by atoms with E-state index < -0.39 is 12.6 Å². The van der Waals surface area contributed by atoms with Gasteiger partial charge in [0, 0.05) is 41.7 Å². The van der Waals surface area contributed by atoms with Crippen LogP contribution >= 0.6 is 0 Å². The lowest BCUT2D eigenvalue weighted by Crippen LogP contribution is -2.38. The molecule has 1 aliphatic rings. The van der Waals surface area contributed by atoms with Crippen LogP contribution in [-0.4, -0.2) is 51.4 Å². The van der Waals surface area contributed by atoms with Crippen molar-refractivity contribution < 1.29 is 22.4 Å². The van der Waals surface area contributed by atoms with Gasteiger partial charge in [0.05, 0.1) is 24.3 Å². The Bertz CT molecular complexity index is 1010. The van der Waals surface area contributed by atoms with Crippen LogP contribution in [0.4, 0.5) is 13.2 Å². The number of Topliss-reactive ketones (excluding diaryl/α,β-unsaturated/α-hetero) is 1. The first-order valence-electron chi connectivity index (χ1n) is 9.83. The lowest BCUT2D eigenvalue weighted by atomic mass is 9.90. The molecule has 0 atom stereocenters. The van der Waals surface area contributed by atoms with Crippen LogP contribution in [0.1, 0.15) is 25.0 Å². The second kappa shape index (κ2) is 8.51. The van der Waals surface area contributed by atoms with Crippen LogP contribution in [0.5, 0.6) is 0 Å². The van der Waals surface area contributed by atoms with Crippen molar-refractivity contribution in [1.82, 2.24) is 19.9 Å². The summed E-state index contributed by atoms with van der Waals surface area (Å²) >= 11 is 0. The molecule has 158 valence electrons. The molecule has 4 heterocycles. The zero-order valence-electron chi connectivity index (χ0n) is 16.2. The first kappa shape index (κ1) is 20.5. The van der Waals surface area contributed by atoms with E-state index in [1.54, 1.807) is 23.5 Å². The molecule has 9 heteroatoms. The molecule has 0 spiro atoms. The molecule has 0 bridgehead atoms. The maximum atomic E-state index is 12.7. The van der Waals surface area contributed by atoms with Gasteiger partial charge in [-0.3, -0.25) is 14.8 Å². The zero-order valence-corrected chi connectivity index (χ0v) is 16.2. The molecule has 0 unspecified atom stereocenters. The van der Waals surface area contributed by atoms with Crippen LogP contribution < -0.4 is 0 Å². The maximum absolute atomic E-state index is 12.7. The number of carbonyl (C=O) groups excluding carboxylic acids is 1. The van der Waals surface area contributed by atoms with E-state index in [0.717, 1.165) is 10.9 Å². The lowest BCUT2D eigenvalue weighted by Gasteiger charge is -2.31. The molecule has 4 rings (SSSR count). The van der Waals surface area contributed by atoms with Gasteiger partial charge in [-0.2, -0.15) is 13.2 Å². The third-order valence-corrected chi connectivity index (χ3v) is 5.45. The van der Waals surface area contributed by atoms with E-state index in [0.29, 0.717) is 42.9 Å². The number of fused-ring (bicyclic) bond motifs is 1. The van der Waals surface area contributed by atoms with E-state index in [2.05, 4.69) is 15.0 Å². The van der Waals surface area contributed by atoms with Crippen LogP contribution in [0.15, 0.2) is 41.5 Å². The van der Waals surface area contributed by atoms with Gasteiger partial charge < -0.3 is 9.32 Å². The minimum atomic E-state index is -4.14. The molecular weight excluding hydrogens is 397 g/mol. The molecule has 1 saturated heterocycles. The van der Waals surface area contributed by atoms with Gasteiger partial charge in [-0.05, 0) is 38.1 Å². The Balaban J connectivity index is 1.37. The molecule has 3 aromatic heterocycles. The average molecular weight is 418 g/mol. The minimum absolute atomic E-state index is 0.00281. The van der Waals surface area contributed by atoms with Crippen molar-refractivity contribution in [3.8, 4) is 11.3 Å². The highest BCUT2D eigenvalue weighted by molar-refractivity contribution is 5.86. The Morgan fingerprint density at radius 2 is 1.93 bits per heavy atom. The highest BCUT2D eigenvalue weighted by atomic mass is 19.4. The fraction of sp³-hybridized carbons (Fsp3) is 0.429. The smallest absolute Gasteiger partial charge is 0.390 e. The Morgan fingerprint density at radius 1 is 1.13 bits per heavy atom. The summed E-state index contributed by atoms with van der Waals surface area (Å²) < 4.78 is 42.4. The second-order valence-electron chi connectivity index (χ2n) is 7.58. The summed E-state index contributed by atoms with van der Waals surface area (Å²) in [7, 11) is 0. The van der Waals surface area contributed by atoms with Gasteiger partial charge in [0.1, 0.15) is 5.78 Å². The number of nitrogens with zero attached hydrogens (tertiary/aromatic N) is 4. The van der Waals surface area contributed by atoms with Gasteiger partial charge in [-0.1, -0.05) is 0 Å². The summed E-state index contributed by atoms with van der Waals surface area (Å²) in [5, 5.41) is 0.851. The Hall–Kier alpha value is -2.81. The highest BCUT2D eigenvalue weighted by Crippen LogP contribution is 2.25. The largest absolute Gasteiger partial charge is 0.443 e. The summed E-state index contributed by atoms with van der Waals surface area (Å²) in [6, 6.07) is 3.76. The van der Waals surface area contributed by atoms with Crippen LogP contribution in [-0.2, 0) is 11.2 Å². The Kier molecular flexibility index (Phi) is 5.80. The molecule has 0 amide bonds. The third kappa shape index (κ3) is 5.02. The number of ketones is 1. The quantitative estimate of drug-likeness (QED) is 0.601. The topological polar surface area (TPSA) is 72.1 Å². The first-order chi connectivity index (χ1) is 14.4. The summed E-state index contributed by atoms with van der Waals surface area (Å²) in [5.74, 6) is 0.552. The van der Waals surface area contributed by atoms with Gasteiger partial charge in [0.2, 0.25) is 0 Å². The van der Waals surface area contributed by atoms with Crippen LogP contribution in [0.3, 0.4) is 0 Å². The van der Waals surface area contributed by atoms with Crippen molar-refractivity contribution in [2.75, 3.05) is 19.6 Å². The summed E-state index contributed by atoms with van der Waals surface area (Å²) in [6.07, 6.45) is 2.70. The van der Waals surface area contributed by atoms with Crippen molar-refractivity contribution in [2.24, 2.45) is 5.92 Å². The molecule has 30 heavy (non-hydrogen) atoms. The van der Waals surface area contributed by atoms with Crippen LogP contribution in [0.25, 0.3) is 22.2 Å². The molecule has 1 fully saturated rings. The number of pyridine rings is 2. The molecular formula is C21H21F3N4O2. The number of aromatic nitrogens is 3. The molecule has 6 nitrogen and oxygen atoms in total. The van der Waals surface area contributed by atoms with Gasteiger partial charge in [0.15, 0.2) is 12.2 Å². The number of hydrogen-bond donors (Lipinski definition) is 0. The maximum Gasteiger partial charge on any atom is 0.390 e. The van der Waals surface area contributed by atoms with Crippen LogP contribution in [0.2, 0.25) is 0 Å². The number of rotatable bonds is 6. The highest BCUT2D eigenvalue weighted by Gasteiger charge is 2.30. The summed E-state index contributed by atoms with van der Waals surface area (Å²) in [4.78, 5) is 27.1. The van der Waals surface area contributed by atoms with Crippen LogP contribution in [0, 0.1) is 5.92 Å².